The summed E-state index contributed by atoms with van der Waals surface area (Å²) in [6, 6.07) is 7.80. The third-order valence-corrected chi connectivity index (χ3v) is 4.77. The Morgan fingerprint density at radius 3 is 2.75 bits per heavy atom. The number of carbonyl (C=O) groups excluding carboxylic acids is 1. The van der Waals surface area contributed by atoms with E-state index in [4.69, 9.17) is 4.42 Å². The van der Waals surface area contributed by atoms with Crippen molar-refractivity contribution in [3.8, 4) is 11.5 Å². The lowest BCUT2D eigenvalue weighted by Gasteiger charge is -2.31. The Bertz CT molecular complexity index is 708. The lowest BCUT2D eigenvalue weighted by molar-refractivity contribution is -0.134. The highest BCUT2D eigenvalue weighted by atomic mass is 79.9. The van der Waals surface area contributed by atoms with Gasteiger partial charge in [-0.3, -0.25) is 9.69 Å². The van der Waals surface area contributed by atoms with Crippen LogP contribution in [0.4, 0.5) is 0 Å². The minimum absolute atomic E-state index is 0.135. The molecule has 0 N–H and O–H groups in total. The Kier molecular flexibility index (Phi) is 5.30. The van der Waals surface area contributed by atoms with Gasteiger partial charge in [-0.05, 0) is 44.1 Å². The number of rotatable bonds is 4. The number of hydrogen-bond donors (Lipinski definition) is 0. The molecule has 0 unspecified atom stereocenters. The van der Waals surface area contributed by atoms with E-state index in [2.05, 4.69) is 31.0 Å². The fourth-order valence-corrected chi connectivity index (χ4v) is 3.35. The van der Waals surface area contributed by atoms with E-state index in [0.29, 0.717) is 18.3 Å². The van der Waals surface area contributed by atoms with Crippen molar-refractivity contribution in [3.05, 3.63) is 34.6 Å². The van der Waals surface area contributed by atoms with E-state index in [1.165, 1.54) is 0 Å². The van der Waals surface area contributed by atoms with Crippen LogP contribution >= 0.6 is 15.9 Å². The number of benzene rings is 1. The molecular formula is C17H21BrN4O2. The average Bonchev–Trinajstić information content (AvgIpc) is 3.03. The molecule has 1 amide bonds. The van der Waals surface area contributed by atoms with Crippen LogP contribution in [-0.4, -0.2) is 53.1 Å². The Morgan fingerprint density at radius 2 is 2.08 bits per heavy atom. The topological polar surface area (TPSA) is 62.5 Å². The summed E-state index contributed by atoms with van der Waals surface area (Å²) in [5.41, 5.74) is 0.901. The van der Waals surface area contributed by atoms with E-state index in [1.807, 2.05) is 38.4 Å². The van der Waals surface area contributed by atoms with Gasteiger partial charge in [0.25, 0.3) is 0 Å². The molecule has 0 bridgehead atoms. The smallest absolute Gasteiger partial charge is 0.247 e. The third-order valence-electron chi connectivity index (χ3n) is 4.27. The molecule has 0 atom stereocenters. The molecule has 3 rings (SSSR count). The fourth-order valence-electron chi connectivity index (χ4n) is 2.95. The maximum absolute atomic E-state index is 12.0. The van der Waals surface area contributed by atoms with Gasteiger partial charge in [0.1, 0.15) is 0 Å². The predicted octanol–water partition coefficient (Wildman–Crippen LogP) is 2.80. The summed E-state index contributed by atoms with van der Waals surface area (Å²) in [6.45, 7) is 2.38. The molecule has 0 saturated carbocycles. The Morgan fingerprint density at radius 1 is 1.33 bits per heavy atom. The van der Waals surface area contributed by atoms with Gasteiger partial charge in [0.2, 0.25) is 17.7 Å². The van der Waals surface area contributed by atoms with Crippen LogP contribution in [0.25, 0.3) is 11.5 Å². The highest BCUT2D eigenvalue weighted by Crippen LogP contribution is 2.24. The lowest BCUT2D eigenvalue weighted by atomic mass is 9.95. The van der Waals surface area contributed by atoms with Gasteiger partial charge in [0.15, 0.2) is 0 Å². The van der Waals surface area contributed by atoms with Crippen molar-refractivity contribution in [1.29, 1.82) is 0 Å². The molecule has 24 heavy (non-hydrogen) atoms. The molecule has 1 aromatic carbocycles. The zero-order valence-corrected chi connectivity index (χ0v) is 15.5. The number of piperidine rings is 1. The minimum Gasteiger partial charge on any atom is -0.419 e. The standard InChI is InChI=1S/C17H21BrN4O2/c1-21(2)17(23)12-6-8-22(9-7-12)11-15-19-20-16(24-15)13-4-3-5-14(18)10-13/h3-5,10,12H,6-9,11H2,1-2H3. The van der Waals surface area contributed by atoms with E-state index in [1.54, 1.807) is 4.90 Å². The van der Waals surface area contributed by atoms with Gasteiger partial charge in [0, 0.05) is 30.0 Å². The van der Waals surface area contributed by atoms with E-state index >= 15 is 0 Å². The number of nitrogens with zero attached hydrogens (tertiary/aromatic N) is 4. The third kappa shape index (κ3) is 4.02. The van der Waals surface area contributed by atoms with Crippen LogP contribution in [0.3, 0.4) is 0 Å². The number of carbonyl (C=O) groups is 1. The van der Waals surface area contributed by atoms with Gasteiger partial charge in [-0.15, -0.1) is 10.2 Å². The molecule has 2 heterocycles. The fraction of sp³-hybridized carbons (Fsp3) is 0.471. The molecule has 1 aromatic heterocycles. The predicted molar refractivity (Wildman–Crippen MR) is 94.1 cm³/mol. The van der Waals surface area contributed by atoms with Gasteiger partial charge in [0.05, 0.1) is 6.54 Å². The molecule has 0 aliphatic carbocycles. The molecule has 6 nitrogen and oxygen atoms in total. The van der Waals surface area contributed by atoms with Gasteiger partial charge in [-0.1, -0.05) is 22.0 Å². The van der Waals surface area contributed by atoms with Crippen molar-refractivity contribution >= 4 is 21.8 Å². The summed E-state index contributed by atoms with van der Waals surface area (Å²) in [4.78, 5) is 16.0. The zero-order valence-electron chi connectivity index (χ0n) is 13.9. The number of amides is 1. The van der Waals surface area contributed by atoms with Gasteiger partial charge < -0.3 is 9.32 Å². The second-order valence-corrected chi connectivity index (χ2v) is 7.21. The lowest BCUT2D eigenvalue weighted by Crippen LogP contribution is -2.39. The molecule has 7 heteroatoms. The number of hydrogen-bond acceptors (Lipinski definition) is 5. The Labute approximate surface area is 150 Å². The van der Waals surface area contributed by atoms with E-state index < -0.39 is 0 Å². The summed E-state index contributed by atoms with van der Waals surface area (Å²) in [5.74, 6) is 1.51. The van der Waals surface area contributed by atoms with Gasteiger partial charge in [-0.25, -0.2) is 0 Å². The first-order valence-electron chi connectivity index (χ1n) is 8.05. The molecule has 1 saturated heterocycles. The first-order chi connectivity index (χ1) is 11.5. The van der Waals surface area contributed by atoms with Crippen LogP contribution in [-0.2, 0) is 11.3 Å². The molecule has 0 radical (unpaired) electrons. The second kappa shape index (κ2) is 7.44. The van der Waals surface area contributed by atoms with E-state index in [9.17, 15) is 4.79 Å². The molecule has 0 spiro atoms. The van der Waals surface area contributed by atoms with Crippen LogP contribution in [0, 0.1) is 5.92 Å². The van der Waals surface area contributed by atoms with Crippen molar-refractivity contribution in [2.24, 2.45) is 5.92 Å². The van der Waals surface area contributed by atoms with E-state index in [0.717, 1.165) is 36.0 Å². The van der Waals surface area contributed by atoms with Crippen molar-refractivity contribution in [2.75, 3.05) is 27.2 Å². The normalized spacial score (nSPS) is 16.3. The summed E-state index contributed by atoms with van der Waals surface area (Å²) in [5, 5.41) is 8.28. The highest BCUT2D eigenvalue weighted by molar-refractivity contribution is 9.10. The van der Waals surface area contributed by atoms with Crippen LogP contribution in [0.2, 0.25) is 0 Å². The van der Waals surface area contributed by atoms with E-state index in [-0.39, 0.29) is 11.8 Å². The van der Waals surface area contributed by atoms with Crippen molar-refractivity contribution < 1.29 is 9.21 Å². The molecule has 128 valence electrons. The summed E-state index contributed by atoms with van der Waals surface area (Å²) in [6.07, 6.45) is 1.76. The average molecular weight is 393 g/mol. The van der Waals surface area contributed by atoms with Crippen molar-refractivity contribution in [3.63, 3.8) is 0 Å². The quantitative estimate of drug-likeness (QED) is 0.800. The Hall–Kier alpha value is -1.73. The van der Waals surface area contributed by atoms with Gasteiger partial charge >= 0.3 is 0 Å². The summed E-state index contributed by atoms with van der Waals surface area (Å²) >= 11 is 3.44. The number of likely N-dealkylation sites (tertiary alicyclic amines) is 1. The Balaban J connectivity index is 1.57. The summed E-state index contributed by atoms with van der Waals surface area (Å²) < 4.78 is 6.76. The highest BCUT2D eigenvalue weighted by Gasteiger charge is 2.26. The maximum Gasteiger partial charge on any atom is 0.247 e. The number of halogens is 1. The molecular weight excluding hydrogens is 372 g/mol. The molecule has 2 aromatic rings. The van der Waals surface area contributed by atoms with Gasteiger partial charge in [-0.2, -0.15) is 0 Å². The van der Waals surface area contributed by atoms with Crippen LogP contribution in [0.1, 0.15) is 18.7 Å². The molecule has 1 fully saturated rings. The SMILES string of the molecule is CN(C)C(=O)C1CCN(Cc2nnc(-c3cccc(Br)c3)o2)CC1. The first-order valence-corrected chi connectivity index (χ1v) is 8.84. The second-order valence-electron chi connectivity index (χ2n) is 6.29. The first kappa shape index (κ1) is 17.1. The molecule has 1 aliphatic rings. The summed E-state index contributed by atoms with van der Waals surface area (Å²) in [7, 11) is 3.63. The minimum atomic E-state index is 0.135. The largest absolute Gasteiger partial charge is 0.419 e. The van der Waals surface area contributed by atoms with Crippen LogP contribution < -0.4 is 0 Å². The van der Waals surface area contributed by atoms with Crippen molar-refractivity contribution in [2.45, 2.75) is 19.4 Å². The maximum atomic E-state index is 12.0. The molecule has 1 aliphatic heterocycles. The van der Waals surface area contributed by atoms with Crippen molar-refractivity contribution in [1.82, 2.24) is 20.0 Å². The zero-order chi connectivity index (χ0) is 17.1. The van der Waals surface area contributed by atoms with Crippen LogP contribution in [0.5, 0.6) is 0 Å². The monoisotopic (exact) mass is 392 g/mol. The van der Waals surface area contributed by atoms with Crippen LogP contribution in [0.15, 0.2) is 33.2 Å². The number of aromatic nitrogens is 2.